The third kappa shape index (κ3) is 2.78. The molecule has 110 valence electrons. The summed E-state index contributed by atoms with van der Waals surface area (Å²) in [7, 11) is 0. The van der Waals surface area contributed by atoms with E-state index >= 15 is 0 Å². The van der Waals surface area contributed by atoms with E-state index in [-0.39, 0.29) is 11.6 Å². The first-order valence-corrected chi connectivity index (χ1v) is 6.49. The lowest BCUT2D eigenvalue weighted by Crippen LogP contribution is -2.18. The van der Waals surface area contributed by atoms with Crippen molar-refractivity contribution in [3.63, 3.8) is 0 Å². The van der Waals surface area contributed by atoms with Crippen molar-refractivity contribution in [1.29, 1.82) is 0 Å². The molecule has 1 aromatic carbocycles. The summed E-state index contributed by atoms with van der Waals surface area (Å²) in [6, 6.07) is 10.4. The van der Waals surface area contributed by atoms with Gasteiger partial charge in [0.05, 0.1) is 5.52 Å². The van der Waals surface area contributed by atoms with Crippen LogP contribution < -0.4 is 10.1 Å². The van der Waals surface area contributed by atoms with E-state index in [1.807, 2.05) is 6.92 Å². The number of rotatable bonds is 2. The molecule has 0 aliphatic carbocycles. The Morgan fingerprint density at radius 2 is 2.05 bits per heavy atom. The van der Waals surface area contributed by atoms with Crippen molar-refractivity contribution in [3.8, 4) is 11.6 Å². The highest BCUT2D eigenvalue weighted by Crippen LogP contribution is 2.30. The van der Waals surface area contributed by atoms with Crippen molar-refractivity contribution in [2.75, 3.05) is 5.32 Å². The Labute approximate surface area is 125 Å². The third-order valence-corrected chi connectivity index (χ3v) is 2.95. The number of carbonyl (C=O) groups excluding carboxylic acids is 1. The number of nitrogens with zero attached hydrogens (tertiary/aromatic N) is 3. The number of hydrogen-bond donors (Lipinski definition) is 2. The maximum atomic E-state index is 11.8. The molecule has 22 heavy (non-hydrogen) atoms. The number of ether oxygens (including phenoxy) is 1. The van der Waals surface area contributed by atoms with Crippen LogP contribution in [0.5, 0.6) is 11.6 Å². The Morgan fingerprint density at radius 3 is 2.86 bits per heavy atom. The molecule has 3 rings (SSSR count). The van der Waals surface area contributed by atoms with Gasteiger partial charge < -0.3 is 9.84 Å². The summed E-state index contributed by atoms with van der Waals surface area (Å²) in [4.78, 5) is 15.8. The van der Waals surface area contributed by atoms with E-state index in [1.165, 1.54) is 0 Å². The maximum absolute atomic E-state index is 11.8. The molecule has 3 aromatic rings. The van der Waals surface area contributed by atoms with Crippen molar-refractivity contribution >= 4 is 22.8 Å². The van der Waals surface area contributed by atoms with E-state index in [9.17, 15) is 9.90 Å². The minimum atomic E-state index is -0.807. The van der Waals surface area contributed by atoms with Gasteiger partial charge in [0.1, 0.15) is 5.82 Å². The van der Waals surface area contributed by atoms with Gasteiger partial charge in [0.15, 0.2) is 5.75 Å². The zero-order valence-corrected chi connectivity index (χ0v) is 11.6. The van der Waals surface area contributed by atoms with Gasteiger partial charge in [-0.15, -0.1) is 10.2 Å². The van der Waals surface area contributed by atoms with Crippen molar-refractivity contribution in [2.24, 2.45) is 0 Å². The number of nitrogens with one attached hydrogen (secondary N) is 1. The molecule has 0 fully saturated rings. The molecule has 1 amide bonds. The Morgan fingerprint density at radius 1 is 1.23 bits per heavy atom. The highest BCUT2D eigenvalue weighted by Gasteiger charge is 2.14. The highest BCUT2D eigenvalue weighted by molar-refractivity contribution is 5.89. The van der Waals surface area contributed by atoms with Crippen LogP contribution >= 0.6 is 0 Å². The summed E-state index contributed by atoms with van der Waals surface area (Å²) in [5.41, 5.74) is 1.45. The lowest BCUT2D eigenvalue weighted by atomic mass is 10.2. The van der Waals surface area contributed by atoms with E-state index in [4.69, 9.17) is 4.74 Å². The number of aryl methyl sites for hydroxylation is 1. The molecular weight excluding hydrogens is 284 g/mol. The fraction of sp³-hybridized carbons (Fsp3) is 0.0667. The zero-order valence-electron chi connectivity index (χ0n) is 11.6. The number of carbonyl (C=O) groups is 1. The van der Waals surface area contributed by atoms with Gasteiger partial charge >= 0.3 is 6.09 Å². The van der Waals surface area contributed by atoms with E-state index < -0.39 is 6.09 Å². The van der Waals surface area contributed by atoms with Crippen molar-refractivity contribution in [1.82, 2.24) is 15.2 Å². The average Bonchev–Trinajstić information content (AvgIpc) is 2.50. The second-order valence-electron chi connectivity index (χ2n) is 4.60. The van der Waals surface area contributed by atoms with Crippen LogP contribution in [0.4, 0.5) is 10.6 Å². The van der Waals surface area contributed by atoms with Crippen molar-refractivity contribution in [2.45, 2.75) is 6.92 Å². The minimum absolute atomic E-state index is 0.238. The number of anilines is 1. The molecule has 2 heterocycles. The van der Waals surface area contributed by atoms with Gasteiger partial charge in [0.2, 0.25) is 0 Å². The number of aromatic nitrogens is 3. The Bertz CT molecular complexity index is 851. The summed E-state index contributed by atoms with van der Waals surface area (Å²) >= 11 is 0. The van der Waals surface area contributed by atoms with Crippen LogP contribution in [0.15, 0.2) is 42.6 Å². The number of pyridine rings is 1. The average molecular weight is 296 g/mol. The minimum Gasteiger partial charge on any atom is -0.503 e. The Hall–Kier alpha value is -3.22. The second kappa shape index (κ2) is 5.65. The van der Waals surface area contributed by atoms with Gasteiger partial charge in [0, 0.05) is 11.6 Å². The summed E-state index contributed by atoms with van der Waals surface area (Å²) < 4.78 is 4.98. The van der Waals surface area contributed by atoms with Gasteiger partial charge in [-0.25, -0.2) is 9.78 Å². The van der Waals surface area contributed by atoms with E-state index in [0.717, 1.165) is 5.56 Å². The quantitative estimate of drug-likeness (QED) is 0.754. The molecule has 0 bridgehead atoms. The molecular formula is C15H12N4O3. The summed E-state index contributed by atoms with van der Waals surface area (Å²) in [5, 5.41) is 20.6. The second-order valence-corrected chi connectivity index (χ2v) is 4.60. The Kier molecular flexibility index (Phi) is 3.53. The number of fused-ring (bicyclic) bond motifs is 1. The molecule has 0 aliphatic heterocycles. The highest BCUT2D eigenvalue weighted by atomic mass is 16.6. The first-order valence-electron chi connectivity index (χ1n) is 6.49. The molecule has 0 radical (unpaired) electrons. The number of hydrogen-bond acceptors (Lipinski definition) is 6. The topological polar surface area (TPSA) is 97.2 Å². The fourth-order valence-electron chi connectivity index (χ4n) is 1.91. The number of benzene rings is 1. The SMILES string of the molecule is Cc1ccnc(NC(=O)Oc2nnc3ccccc3c2O)c1. The smallest absolute Gasteiger partial charge is 0.419 e. The number of amides is 1. The van der Waals surface area contributed by atoms with Gasteiger partial charge in [-0.3, -0.25) is 5.32 Å². The summed E-state index contributed by atoms with van der Waals surface area (Å²) in [6.45, 7) is 1.87. The van der Waals surface area contributed by atoms with Gasteiger partial charge in [-0.2, -0.15) is 0 Å². The monoisotopic (exact) mass is 296 g/mol. The van der Waals surface area contributed by atoms with E-state index in [1.54, 1.807) is 42.6 Å². The largest absolute Gasteiger partial charge is 0.503 e. The molecule has 7 heteroatoms. The molecule has 0 unspecified atom stereocenters. The lowest BCUT2D eigenvalue weighted by molar-refractivity contribution is 0.210. The molecule has 2 aromatic heterocycles. The van der Waals surface area contributed by atoms with E-state index in [2.05, 4.69) is 20.5 Å². The van der Waals surface area contributed by atoms with Crippen LogP contribution in [-0.4, -0.2) is 26.4 Å². The lowest BCUT2D eigenvalue weighted by Gasteiger charge is -2.07. The molecule has 7 nitrogen and oxygen atoms in total. The normalized spacial score (nSPS) is 10.4. The van der Waals surface area contributed by atoms with E-state index in [0.29, 0.717) is 16.7 Å². The molecule has 0 atom stereocenters. The van der Waals surface area contributed by atoms with Crippen molar-refractivity contribution in [3.05, 3.63) is 48.2 Å². The van der Waals surface area contributed by atoms with Crippen LogP contribution in [-0.2, 0) is 0 Å². The molecule has 2 N–H and O–H groups in total. The van der Waals surface area contributed by atoms with Crippen molar-refractivity contribution < 1.29 is 14.6 Å². The molecule has 0 aliphatic rings. The number of aromatic hydroxyl groups is 1. The van der Waals surface area contributed by atoms with Gasteiger partial charge in [0.25, 0.3) is 5.88 Å². The maximum Gasteiger partial charge on any atom is 0.419 e. The van der Waals surface area contributed by atoms with Crippen LogP contribution in [0.1, 0.15) is 5.56 Å². The summed E-state index contributed by atoms with van der Waals surface area (Å²) in [5.74, 6) is -0.153. The molecule has 0 saturated carbocycles. The first kappa shape index (κ1) is 13.7. The zero-order chi connectivity index (χ0) is 15.5. The van der Waals surface area contributed by atoms with Crippen LogP contribution in [0, 0.1) is 6.92 Å². The third-order valence-electron chi connectivity index (χ3n) is 2.95. The molecule has 0 saturated heterocycles. The Balaban J connectivity index is 1.81. The molecule has 0 spiro atoms. The standard InChI is InChI=1S/C15H12N4O3/c1-9-6-7-16-12(8-9)17-15(21)22-14-13(20)10-4-2-3-5-11(10)18-19-14/h2-8H,1H3,(H,18,20)(H,16,17,21). The van der Waals surface area contributed by atoms with Gasteiger partial charge in [-0.1, -0.05) is 12.1 Å². The van der Waals surface area contributed by atoms with Crippen LogP contribution in [0.3, 0.4) is 0 Å². The van der Waals surface area contributed by atoms with Gasteiger partial charge in [-0.05, 0) is 36.8 Å². The first-order chi connectivity index (χ1) is 10.6. The fourth-order valence-corrected chi connectivity index (χ4v) is 1.91. The van der Waals surface area contributed by atoms with Crippen LogP contribution in [0.25, 0.3) is 10.9 Å². The predicted octanol–water partition coefficient (Wildman–Crippen LogP) is 2.65. The van der Waals surface area contributed by atoms with Crippen LogP contribution in [0.2, 0.25) is 0 Å². The predicted molar refractivity (Wildman–Crippen MR) is 79.8 cm³/mol. The summed E-state index contributed by atoms with van der Waals surface area (Å²) in [6.07, 6.45) is 0.760.